The number of imidazole rings is 2. The van der Waals surface area contributed by atoms with E-state index >= 15 is 0 Å². The number of aryl methyl sites for hydroxylation is 4. The van der Waals surface area contributed by atoms with E-state index in [1.165, 1.54) is 25.7 Å². The van der Waals surface area contributed by atoms with Gasteiger partial charge in [0.25, 0.3) is 0 Å². The van der Waals surface area contributed by atoms with Gasteiger partial charge in [0.2, 0.25) is 12.7 Å². The molecular formula is C16H30Cl4CuN4. The summed E-state index contributed by atoms with van der Waals surface area (Å²) < 4.78 is 8.55. The molecule has 0 unspecified atom stereocenters. The predicted molar refractivity (Wildman–Crippen MR) is 104 cm³/mol. The van der Waals surface area contributed by atoms with Crippen LogP contribution in [0.25, 0.3) is 0 Å². The van der Waals surface area contributed by atoms with E-state index in [-0.39, 0.29) is 0 Å². The predicted octanol–water partition coefficient (Wildman–Crippen LogP) is 4.98. The van der Waals surface area contributed by atoms with Gasteiger partial charge in [0, 0.05) is 0 Å². The Bertz CT molecular complexity index is 516. The molecule has 25 heavy (non-hydrogen) atoms. The maximum atomic E-state index is 4.90. The van der Waals surface area contributed by atoms with E-state index in [1.807, 2.05) is 14.1 Å². The molecule has 2 aromatic rings. The van der Waals surface area contributed by atoms with E-state index in [1.54, 1.807) is 0 Å². The molecule has 0 atom stereocenters. The summed E-state index contributed by atoms with van der Waals surface area (Å²) in [5, 5.41) is 0. The molecule has 0 fully saturated rings. The van der Waals surface area contributed by atoms with Crippen molar-refractivity contribution in [3.63, 3.8) is 0 Å². The zero-order valence-electron chi connectivity index (χ0n) is 15.3. The average Bonchev–Trinajstić information content (AvgIpc) is 3.10. The number of unbranched alkanes of at least 4 members (excludes halogenated alkanes) is 2. The molecule has 0 saturated heterocycles. The van der Waals surface area contributed by atoms with Gasteiger partial charge in [0.05, 0.1) is 27.2 Å². The summed E-state index contributed by atoms with van der Waals surface area (Å²) in [7, 11) is 21.5. The molecule has 0 bridgehead atoms. The minimum atomic E-state index is -2.24. The van der Waals surface area contributed by atoms with Crippen molar-refractivity contribution >= 4 is 40.4 Å². The van der Waals surface area contributed by atoms with Gasteiger partial charge >= 0.3 is 49.6 Å². The molecule has 0 amide bonds. The van der Waals surface area contributed by atoms with Crippen LogP contribution in [0.5, 0.6) is 0 Å². The molecule has 2 aromatic heterocycles. The Hall–Kier alpha value is 0.0995. The van der Waals surface area contributed by atoms with E-state index in [0.29, 0.717) is 0 Å². The van der Waals surface area contributed by atoms with Crippen LogP contribution in [0.4, 0.5) is 0 Å². The Balaban J connectivity index is 0.000000368. The fourth-order valence-corrected chi connectivity index (χ4v) is 1.95. The number of nitrogens with zero attached hydrogens (tertiary/aromatic N) is 4. The van der Waals surface area contributed by atoms with Gasteiger partial charge in [0.15, 0.2) is 0 Å². The Morgan fingerprint density at radius 1 is 0.760 bits per heavy atom. The topological polar surface area (TPSA) is 17.6 Å². The fraction of sp³-hybridized carbons (Fsp3) is 0.625. The standard InChI is InChI=1S/2C8H15N2.4ClH.Cu/c2*1-3-4-5-10-7-6-9(2)8-10;;;;;/h2*6-8H,3-5H2,1-2H3;4*1H;/q2*+1;;;;;+2/p-4. The van der Waals surface area contributed by atoms with Crippen LogP contribution in [0.15, 0.2) is 37.4 Å². The average molecular weight is 484 g/mol. The molecule has 0 N–H and O–H groups in total. The number of aromatic nitrogens is 4. The number of halogens is 4. The van der Waals surface area contributed by atoms with Gasteiger partial charge in [0.1, 0.15) is 24.8 Å². The first-order valence-electron chi connectivity index (χ1n) is 8.13. The van der Waals surface area contributed by atoms with Gasteiger partial charge in [-0.25, -0.2) is 18.3 Å². The van der Waals surface area contributed by atoms with Crippen LogP contribution in [-0.4, -0.2) is 9.13 Å². The summed E-state index contributed by atoms with van der Waals surface area (Å²) in [6.45, 7) is 6.72. The molecule has 0 aliphatic carbocycles. The molecule has 0 aromatic carbocycles. The Morgan fingerprint density at radius 2 is 1.08 bits per heavy atom. The van der Waals surface area contributed by atoms with Crippen molar-refractivity contribution in [3.05, 3.63) is 37.4 Å². The summed E-state index contributed by atoms with van der Waals surface area (Å²) >= 11 is 0. The summed E-state index contributed by atoms with van der Waals surface area (Å²) in [4.78, 5) is 0. The molecule has 2 heterocycles. The third kappa shape index (κ3) is 17.3. The summed E-state index contributed by atoms with van der Waals surface area (Å²) in [6, 6.07) is 0. The SMILES string of the molecule is CCCCn1cc[n+](C)c1.CCCCn1cc[n+](C)c1.[Cl][Cu-2]([Cl])([Cl])[Cl]. The quantitative estimate of drug-likeness (QED) is 0.407. The normalized spacial score (nSPS) is 11.2. The molecule has 4 nitrogen and oxygen atoms in total. The van der Waals surface area contributed by atoms with Gasteiger partial charge in [-0.3, -0.25) is 0 Å². The Labute approximate surface area is 171 Å². The van der Waals surface area contributed by atoms with Crippen LogP contribution in [0.1, 0.15) is 39.5 Å². The summed E-state index contributed by atoms with van der Waals surface area (Å²) in [5.41, 5.74) is 0. The molecule has 0 spiro atoms. The van der Waals surface area contributed by atoms with Gasteiger partial charge in [-0.1, -0.05) is 26.7 Å². The zero-order chi connectivity index (χ0) is 19.3. The van der Waals surface area contributed by atoms with Gasteiger partial charge in [-0.15, -0.1) is 0 Å². The summed E-state index contributed by atoms with van der Waals surface area (Å²) in [5.74, 6) is 0. The first-order chi connectivity index (χ1) is 11.7. The summed E-state index contributed by atoms with van der Waals surface area (Å²) in [6.07, 6.45) is 17.6. The van der Waals surface area contributed by atoms with Crippen molar-refractivity contribution in [1.82, 2.24) is 9.13 Å². The van der Waals surface area contributed by atoms with E-state index in [4.69, 9.17) is 40.4 Å². The monoisotopic (exact) mass is 481 g/mol. The third-order valence-electron chi connectivity index (χ3n) is 3.19. The van der Waals surface area contributed by atoms with E-state index in [0.717, 1.165) is 13.1 Å². The number of hydrogen-bond acceptors (Lipinski definition) is 0. The molecule has 0 radical (unpaired) electrons. The molecule has 0 aliphatic rings. The van der Waals surface area contributed by atoms with Crippen molar-refractivity contribution in [1.29, 1.82) is 0 Å². The maximum absolute atomic E-state index is 4.90. The molecule has 2 rings (SSSR count). The first-order valence-corrected chi connectivity index (χ1v) is 13.3. The molecule has 153 valence electrons. The van der Waals surface area contributed by atoms with Crippen molar-refractivity contribution in [2.45, 2.75) is 52.6 Å². The molecule has 0 saturated carbocycles. The van der Waals surface area contributed by atoms with E-state index in [9.17, 15) is 0 Å². The van der Waals surface area contributed by atoms with Crippen molar-refractivity contribution in [3.8, 4) is 0 Å². The van der Waals surface area contributed by atoms with Crippen LogP contribution >= 0.6 is 40.4 Å². The van der Waals surface area contributed by atoms with Crippen LogP contribution in [-0.2, 0) is 36.4 Å². The van der Waals surface area contributed by atoms with Gasteiger partial charge in [-0.2, -0.15) is 0 Å². The van der Waals surface area contributed by atoms with Crippen molar-refractivity contribution < 1.29 is 18.3 Å². The van der Waals surface area contributed by atoms with E-state index in [2.05, 4.69) is 69.6 Å². The fourth-order valence-electron chi connectivity index (χ4n) is 1.95. The van der Waals surface area contributed by atoms with Crippen LogP contribution in [0.2, 0.25) is 0 Å². The Kier molecular flexibility index (Phi) is 14.3. The second kappa shape index (κ2) is 14.2. The third-order valence-corrected chi connectivity index (χ3v) is 3.19. The molecule has 9 heteroatoms. The number of hydrogen-bond donors (Lipinski definition) is 0. The van der Waals surface area contributed by atoms with Crippen LogP contribution in [0, 0.1) is 0 Å². The van der Waals surface area contributed by atoms with Gasteiger partial charge in [-0.05, 0) is 12.8 Å². The zero-order valence-corrected chi connectivity index (χ0v) is 19.3. The molecule has 0 aliphatic heterocycles. The second-order valence-corrected chi connectivity index (χ2v) is 14.9. The van der Waals surface area contributed by atoms with Gasteiger partial charge < -0.3 is 0 Å². The van der Waals surface area contributed by atoms with Crippen LogP contribution < -0.4 is 9.13 Å². The number of rotatable bonds is 6. The first kappa shape index (κ1) is 25.1. The van der Waals surface area contributed by atoms with Crippen LogP contribution in [0.3, 0.4) is 0 Å². The molecular weight excluding hydrogens is 454 g/mol. The van der Waals surface area contributed by atoms with Crippen molar-refractivity contribution in [2.75, 3.05) is 0 Å². The van der Waals surface area contributed by atoms with E-state index < -0.39 is 9.20 Å². The van der Waals surface area contributed by atoms with Crippen molar-refractivity contribution in [2.24, 2.45) is 14.1 Å². The Morgan fingerprint density at radius 3 is 1.28 bits per heavy atom. The minimum absolute atomic E-state index is 1.15. The second-order valence-electron chi connectivity index (χ2n) is 5.60.